The highest BCUT2D eigenvalue weighted by atomic mass is 16.5. The predicted octanol–water partition coefficient (Wildman–Crippen LogP) is 0.991. The zero-order chi connectivity index (χ0) is 15.2. The summed E-state index contributed by atoms with van der Waals surface area (Å²) in [5.74, 6) is 5.98. The SMILES string of the molecule is COc1ccc(C#CCN)cc1NC(=O)c1ccnn1C. The van der Waals surface area contributed by atoms with Gasteiger partial charge in [-0.1, -0.05) is 11.8 Å². The molecule has 0 aliphatic rings. The number of nitrogens with two attached hydrogens (primary N) is 1. The minimum Gasteiger partial charge on any atom is -0.495 e. The van der Waals surface area contributed by atoms with Crippen LogP contribution in [0.4, 0.5) is 5.69 Å². The van der Waals surface area contributed by atoms with Crippen molar-refractivity contribution in [2.24, 2.45) is 12.8 Å². The van der Waals surface area contributed by atoms with Gasteiger partial charge in [0, 0.05) is 18.8 Å². The van der Waals surface area contributed by atoms with E-state index in [1.807, 2.05) is 0 Å². The molecule has 1 amide bonds. The van der Waals surface area contributed by atoms with E-state index in [1.54, 1.807) is 44.6 Å². The molecule has 0 aliphatic carbocycles. The number of nitrogens with zero attached hydrogens (tertiary/aromatic N) is 2. The maximum atomic E-state index is 12.2. The number of nitrogens with one attached hydrogen (secondary N) is 1. The van der Waals surface area contributed by atoms with E-state index in [4.69, 9.17) is 10.5 Å². The number of rotatable bonds is 3. The second kappa shape index (κ2) is 6.59. The third-order valence-corrected chi connectivity index (χ3v) is 2.84. The average Bonchev–Trinajstić information content (AvgIpc) is 2.91. The lowest BCUT2D eigenvalue weighted by Gasteiger charge is -2.10. The van der Waals surface area contributed by atoms with Crippen molar-refractivity contribution in [3.63, 3.8) is 0 Å². The van der Waals surface area contributed by atoms with E-state index in [9.17, 15) is 4.79 Å². The topological polar surface area (TPSA) is 82.2 Å². The van der Waals surface area contributed by atoms with Crippen LogP contribution >= 0.6 is 0 Å². The number of benzene rings is 1. The fourth-order valence-electron chi connectivity index (χ4n) is 1.82. The summed E-state index contributed by atoms with van der Waals surface area (Å²) in [6.07, 6.45) is 1.56. The molecule has 0 atom stereocenters. The lowest BCUT2D eigenvalue weighted by atomic mass is 10.2. The van der Waals surface area contributed by atoms with E-state index in [2.05, 4.69) is 22.3 Å². The van der Waals surface area contributed by atoms with E-state index in [1.165, 1.54) is 4.68 Å². The summed E-state index contributed by atoms with van der Waals surface area (Å²) in [6, 6.07) is 6.94. The maximum absolute atomic E-state index is 12.2. The Morgan fingerprint density at radius 3 is 2.90 bits per heavy atom. The van der Waals surface area contributed by atoms with Gasteiger partial charge in [-0.2, -0.15) is 5.10 Å². The Morgan fingerprint density at radius 2 is 2.29 bits per heavy atom. The first-order chi connectivity index (χ1) is 10.2. The first-order valence-corrected chi connectivity index (χ1v) is 6.32. The monoisotopic (exact) mass is 284 g/mol. The predicted molar refractivity (Wildman–Crippen MR) is 80.1 cm³/mol. The highest BCUT2D eigenvalue weighted by Gasteiger charge is 2.13. The van der Waals surface area contributed by atoms with Crippen molar-refractivity contribution in [2.75, 3.05) is 19.0 Å². The second-order valence-electron chi connectivity index (χ2n) is 4.22. The van der Waals surface area contributed by atoms with Gasteiger partial charge in [0.15, 0.2) is 0 Å². The number of aromatic nitrogens is 2. The lowest BCUT2D eigenvalue weighted by Crippen LogP contribution is -2.16. The molecule has 0 radical (unpaired) electrons. The number of aryl methyl sites for hydroxylation is 1. The van der Waals surface area contributed by atoms with Gasteiger partial charge >= 0.3 is 0 Å². The molecule has 2 aromatic rings. The molecule has 0 saturated carbocycles. The fourth-order valence-corrected chi connectivity index (χ4v) is 1.82. The molecular weight excluding hydrogens is 268 g/mol. The largest absolute Gasteiger partial charge is 0.495 e. The molecule has 0 unspecified atom stereocenters. The minimum atomic E-state index is -0.266. The molecule has 1 heterocycles. The summed E-state index contributed by atoms with van der Waals surface area (Å²) in [5.41, 5.74) is 7.11. The van der Waals surface area contributed by atoms with Gasteiger partial charge in [0.05, 0.1) is 19.3 Å². The molecule has 0 bridgehead atoms. The Kier molecular flexibility index (Phi) is 4.59. The molecule has 108 valence electrons. The third kappa shape index (κ3) is 3.41. The van der Waals surface area contributed by atoms with Gasteiger partial charge in [-0.15, -0.1) is 0 Å². The Hall–Kier alpha value is -2.78. The van der Waals surface area contributed by atoms with Gasteiger partial charge in [0.1, 0.15) is 11.4 Å². The number of methoxy groups -OCH3 is 1. The Bertz CT molecular complexity index is 710. The highest BCUT2D eigenvalue weighted by Crippen LogP contribution is 2.25. The van der Waals surface area contributed by atoms with Gasteiger partial charge in [0.2, 0.25) is 0 Å². The number of carbonyl (C=O) groups is 1. The molecule has 3 N–H and O–H groups in total. The number of ether oxygens (including phenoxy) is 1. The summed E-state index contributed by atoms with van der Waals surface area (Å²) >= 11 is 0. The molecule has 6 nitrogen and oxygen atoms in total. The highest BCUT2D eigenvalue weighted by molar-refractivity contribution is 6.03. The fraction of sp³-hybridized carbons (Fsp3) is 0.200. The van der Waals surface area contributed by atoms with Gasteiger partial charge < -0.3 is 15.8 Å². The van der Waals surface area contributed by atoms with Crippen molar-refractivity contribution < 1.29 is 9.53 Å². The van der Waals surface area contributed by atoms with Crippen LogP contribution in [0.15, 0.2) is 30.5 Å². The van der Waals surface area contributed by atoms with Crippen molar-refractivity contribution in [3.8, 4) is 17.6 Å². The molecule has 1 aromatic heterocycles. The molecule has 2 rings (SSSR count). The number of hydrogen-bond acceptors (Lipinski definition) is 4. The quantitative estimate of drug-likeness (QED) is 0.824. The summed E-state index contributed by atoms with van der Waals surface area (Å²) in [7, 11) is 3.25. The van der Waals surface area contributed by atoms with Crippen LogP contribution in [0.2, 0.25) is 0 Å². The van der Waals surface area contributed by atoms with Crippen molar-refractivity contribution in [1.82, 2.24) is 9.78 Å². The van der Waals surface area contributed by atoms with Crippen LogP contribution in [0.3, 0.4) is 0 Å². The number of amides is 1. The van der Waals surface area contributed by atoms with E-state index in [0.717, 1.165) is 5.56 Å². The summed E-state index contributed by atoms with van der Waals surface area (Å²) in [4.78, 5) is 12.2. The average molecular weight is 284 g/mol. The molecular formula is C15H16N4O2. The number of anilines is 1. The standard InChI is InChI=1S/C15H16N4O2/c1-19-13(7-9-17-19)15(20)18-12-10-11(4-3-8-16)5-6-14(12)21-2/h5-7,9-10H,8,16H2,1-2H3,(H,18,20). The van der Waals surface area contributed by atoms with Crippen LogP contribution in [0.1, 0.15) is 16.1 Å². The first-order valence-electron chi connectivity index (χ1n) is 6.32. The lowest BCUT2D eigenvalue weighted by molar-refractivity contribution is 0.101. The van der Waals surface area contributed by atoms with Gasteiger partial charge in [0.25, 0.3) is 5.91 Å². The van der Waals surface area contributed by atoms with Crippen molar-refractivity contribution >= 4 is 11.6 Å². The molecule has 0 spiro atoms. The minimum absolute atomic E-state index is 0.266. The number of hydrogen-bond donors (Lipinski definition) is 2. The third-order valence-electron chi connectivity index (χ3n) is 2.84. The maximum Gasteiger partial charge on any atom is 0.274 e. The zero-order valence-corrected chi connectivity index (χ0v) is 11.9. The smallest absolute Gasteiger partial charge is 0.274 e. The van der Waals surface area contributed by atoms with Gasteiger partial charge in [-0.25, -0.2) is 0 Å². The van der Waals surface area contributed by atoms with Crippen molar-refractivity contribution in [3.05, 3.63) is 41.7 Å². The number of carbonyl (C=O) groups excluding carboxylic acids is 1. The Labute approximate surface area is 122 Å². The van der Waals surface area contributed by atoms with Crippen LogP contribution in [0.5, 0.6) is 5.75 Å². The molecule has 21 heavy (non-hydrogen) atoms. The summed E-state index contributed by atoms with van der Waals surface area (Å²) in [6.45, 7) is 0.280. The Balaban J connectivity index is 2.29. The molecule has 0 saturated heterocycles. The van der Waals surface area contributed by atoms with Crippen LogP contribution < -0.4 is 15.8 Å². The van der Waals surface area contributed by atoms with Crippen LogP contribution in [-0.2, 0) is 7.05 Å². The molecule has 6 heteroatoms. The summed E-state index contributed by atoms with van der Waals surface area (Å²) < 4.78 is 6.74. The van der Waals surface area contributed by atoms with Gasteiger partial charge in [-0.05, 0) is 24.3 Å². The first kappa shape index (κ1) is 14.6. The zero-order valence-electron chi connectivity index (χ0n) is 11.9. The van der Waals surface area contributed by atoms with Crippen LogP contribution in [0, 0.1) is 11.8 Å². The molecule has 0 aliphatic heterocycles. The van der Waals surface area contributed by atoms with E-state index < -0.39 is 0 Å². The van der Waals surface area contributed by atoms with Crippen LogP contribution in [-0.4, -0.2) is 29.3 Å². The Morgan fingerprint density at radius 1 is 1.48 bits per heavy atom. The van der Waals surface area contributed by atoms with E-state index >= 15 is 0 Å². The molecule has 1 aromatic carbocycles. The van der Waals surface area contributed by atoms with Crippen LogP contribution in [0.25, 0.3) is 0 Å². The normalized spacial score (nSPS) is 9.67. The summed E-state index contributed by atoms with van der Waals surface area (Å²) in [5, 5.41) is 6.77. The molecule has 0 fully saturated rings. The van der Waals surface area contributed by atoms with Crippen molar-refractivity contribution in [2.45, 2.75) is 0 Å². The van der Waals surface area contributed by atoms with E-state index in [-0.39, 0.29) is 12.5 Å². The van der Waals surface area contributed by atoms with Crippen molar-refractivity contribution in [1.29, 1.82) is 0 Å². The second-order valence-corrected chi connectivity index (χ2v) is 4.22. The van der Waals surface area contributed by atoms with Gasteiger partial charge in [-0.3, -0.25) is 9.48 Å². The van der Waals surface area contributed by atoms with E-state index in [0.29, 0.717) is 17.1 Å².